The van der Waals surface area contributed by atoms with Crippen molar-refractivity contribution in [3.05, 3.63) is 59.9 Å². The summed E-state index contributed by atoms with van der Waals surface area (Å²) in [4.78, 5) is 22.5. The molecule has 0 bridgehead atoms. The van der Waals surface area contributed by atoms with Crippen molar-refractivity contribution in [2.75, 3.05) is 23.4 Å². The maximum Gasteiger partial charge on any atom is 0.335 e. The Morgan fingerprint density at radius 3 is 2.40 bits per heavy atom. The number of thioether (sulfide) groups is 1. The number of carboxylic acids is 1. The molecule has 0 saturated carbocycles. The molecule has 0 aliphatic rings. The molecule has 2 aromatic rings. The van der Waals surface area contributed by atoms with Crippen molar-refractivity contribution in [2.45, 2.75) is 6.42 Å². The van der Waals surface area contributed by atoms with Gasteiger partial charge in [0.05, 0.1) is 17.9 Å². The average Bonchev–Trinajstić information content (AvgIpc) is 2.60. The lowest BCUT2D eigenvalue weighted by Gasteiger charge is -2.07. The van der Waals surface area contributed by atoms with Crippen LogP contribution in [-0.4, -0.2) is 35.1 Å². The molecular weight excluding hydrogens is 345 g/mol. The molecular formula is C18H18FNO4S. The zero-order valence-corrected chi connectivity index (χ0v) is 14.2. The number of benzene rings is 2. The van der Waals surface area contributed by atoms with Gasteiger partial charge in [-0.2, -0.15) is 11.8 Å². The van der Waals surface area contributed by atoms with Crippen molar-refractivity contribution in [3.63, 3.8) is 0 Å². The molecule has 0 atom stereocenters. The number of carboxylic acid groups (broad SMARTS) is 1. The largest absolute Gasteiger partial charge is 0.494 e. The van der Waals surface area contributed by atoms with Crippen LogP contribution in [0, 0.1) is 5.82 Å². The second-order valence-corrected chi connectivity index (χ2v) is 6.24. The SMILES string of the molecule is O=C(CSCCCOc1ccc(C(=O)O)cc1)Nc1ccc(F)cc1. The molecule has 132 valence electrons. The molecule has 0 saturated heterocycles. The summed E-state index contributed by atoms with van der Waals surface area (Å²) in [7, 11) is 0. The number of ether oxygens (including phenoxy) is 1. The van der Waals surface area contributed by atoms with Crippen LogP contribution in [0.25, 0.3) is 0 Å². The first-order chi connectivity index (χ1) is 12.0. The van der Waals surface area contributed by atoms with Crippen molar-refractivity contribution in [1.82, 2.24) is 0 Å². The van der Waals surface area contributed by atoms with E-state index in [-0.39, 0.29) is 17.3 Å². The summed E-state index contributed by atoms with van der Waals surface area (Å²) in [6, 6.07) is 11.8. The van der Waals surface area contributed by atoms with Gasteiger partial charge in [-0.25, -0.2) is 9.18 Å². The fourth-order valence-electron chi connectivity index (χ4n) is 1.94. The van der Waals surface area contributed by atoms with E-state index in [4.69, 9.17) is 9.84 Å². The maximum absolute atomic E-state index is 12.8. The molecule has 25 heavy (non-hydrogen) atoms. The van der Waals surface area contributed by atoms with Gasteiger partial charge in [0.25, 0.3) is 0 Å². The van der Waals surface area contributed by atoms with E-state index in [2.05, 4.69) is 5.32 Å². The van der Waals surface area contributed by atoms with Gasteiger partial charge in [-0.1, -0.05) is 0 Å². The lowest BCUT2D eigenvalue weighted by molar-refractivity contribution is -0.113. The van der Waals surface area contributed by atoms with Crippen LogP contribution >= 0.6 is 11.8 Å². The number of nitrogens with one attached hydrogen (secondary N) is 1. The first-order valence-electron chi connectivity index (χ1n) is 7.64. The first kappa shape index (κ1) is 18.8. The molecule has 2 aromatic carbocycles. The third-order valence-electron chi connectivity index (χ3n) is 3.16. The molecule has 0 aromatic heterocycles. The van der Waals surface area contributed by atoms with Crippen LogP contribution in [-0.2, 0) is 4.79 Å². The molecule has 0 spiro atoms. The van der Waals surface area contributed by atoms with Crippen molar-refractivity contribution >= 4 is 29.3 Å². The lowest BCUT2D eigenvalue weighted by Crippen LogP contribution is -2.14. The Bertz CT molecular complexity index is 704. The Kier molecular flexibility index (Phi) is 7.28. The van der Waals surface area contributed by atoms with Crippen LogP contribution in [0.1, 0.15) is 16.8 Å². The number of rotatable bonds is 9. The number of amides is 1. The smallest absolute Gasteiger partial charge is 0.335 e. The zero-order valence-electron chi connectivity index (χ0n) is 13.4. The summed E-state index contributed by atoms with van der Waals surface area (Å²) < 4.78 is 18.3. The zero-order chi connectivity index (χ0) is 18.1. The second-order valence-electron chi connectivity index (χ2n) is 5.14. The van der Waals surface area contributed by atoms with E-state index in [1.807, 2.05) is 0 Å². The average molecular weight is 363 g/mol. The van der Waals surface area contributed by atoms with Gasteiger partial charge in [0.1, 0.15) is 11.6 Å². The first-order valence-corrected chi connectivity index (χ1v) is 8.79. The van der Waals surface area contributed by atoms with Gasteiger partial charge in [-0.05, 0) is 60.7 Å². The second kappa shape index (κ2) is 9.68. The fraction of sp³-hybridized carbons (Fsp3) is 0.222. The third kappa shape index (κ3) is 6.84. The number of hydrogen-bond donors (Lipinski definition) is 2. The Morgan fingerprint density at radius 1 is 1.08 bits per heavy atom. The summed E-state index contributed by atoms with van der Waals surface area (Å²) in [6.45, 7) is 0.485. The standard InChI is InChI=1S/C18H18FNO4S/c19-14-4-6-15(7-5-14)20-17(21)12-25-11-1-10-24-16-8-2-13(3-9-16)18(22)23/h2-9H,1,10-12H2,(H,20,21)(H,22,23). The molecule has 0 aliphatic heterocycles. The summed E-state index contributed by atoms with van der Waals surface area (Å²) >= 11 is 1.48. The van der Waals surface area contributed by atoms with Gasteiger partial charge in [0.15, 0.2) is 0 Å². The van der Waals surface area contributed by atoms with E-state index in [1.165, 1.54) is 48.2 Å². The molecule has 7 heteroatoms. The van der Waals surface area contributed by atoms with Crippen molar-refractivity contribution in [1.29, 1.82) is 0 Å². The van der Waals surface area contributed by atoms with E-state index < -0.39 is 5.97 Å². The maximum atomic E-state index is 12.8. The topological polar surface area (TPSA) is 75.6 Å². The fourth-order valence-corrected chi connectivity index (χ4v) is 2.66. The Balaban J connectivity index is 1.57. The molecule has 2 rings (SSSR count). The molecule has 5 nitrogen and oxygen atoms in total. The molecule has 0 radical (unpaired) electrons. The van der Waals surface area contributed by atoms with Crippen molar-refractivity contribution < 1.29 is 23.8 Å². The van der Waals surface area contributed by atoms with Gasteiger partial charge >= 0.3 is 5.97 Å². The normalized spacial score (nSPS) is 10.3. The van der Waals surface area contributed by atoms with E-state index >= 15 is 0 Å². The van der Waals surface area contributed by atoms with E-state index in [0.29, 0.717) is 23.8 Å². The number of aromatic carboxylic acids is 1. The number of hydrogen-bond acceptors (Lipinski definition) is 4. The molecule has 0 heterocycles. The minimum atomic E-state index is -0.970. The van der Waals surface area contributed by atoms with Crippen LogP contribution in [0.15, 0.2) is 48.5 Å². The summed E-state index contributed by atoms with van der Waals surface area (Å²) in [5.74, 6) is 0.229. The van der Waals surface area contributed by atoms with Crippen molar-refractivity contribution in [2.24, 2.45) is 0 Å². The monoisotopic (exact) mass is 363 g/mol. The summed E-state index contributed by atoms with van der Waals surface area (Å²) in [6.07, 6.45) is 0.759. The van der Waals surface area contributed by atoms with E-state index in [1.54, 1.807) is 12.1 Å². The van der Waals surface area contributed by atoms with Crippen LogP contribution in [0.2, 0.25) is 0 Å². The summed E-state index contributed by atoms with van der Waals surface area (Å²) in [5.41, 5.74) is 0.787. The Hall–Kier alpha value is -2.54. The van der Waals surface area contributed by atoms with Gasteiger partial charge < -0.3 is 15.2 Å². The number of anilines is 1. The molecule has 1 amide bonds. The van der Waals surface area contributed by atoms with Crippen LogP contribution in [0.4, 0.5) is 10.1 Å². The quantitative estimate of drug-likeness (QED) is 0.665. The van der Waals surface area contributed by atoms with Gasteiger partial charge in [-0.15, -0.1) is 0 Å². The lowest BCUT2D eigenvalue weighted by atomic mass is 10.2. The van der Waals surface area contributed by atoms with Crippen LogP contribution in [0.3, 0.4) is 0 Å². The van der Waals surface area contributed by atoms with Crippen LogP contribution in [0.5, 0.6) is 5.75 Å². The van der Waals surface area contributed by atoms with E-state index in [9.17, 15) is 14.0 Å². The molecule has 0 unspecified atom stereocenters. The Morgan fingerprint density at radius 2 is 1.76 bits per heavy atom. The molecule has 2 N–H and O–H groups in total. The predicted molar refractivity (Wildman–Crippen MR) is 95.9 cm³/mol. The van der Waals surface area contributed by atoms with Gasteiger partial charge in [0, 0.05) is 5.69 Å². The van der Waals surface area contributed by atoms with Gasteiger partial charge in [-0.3, -0.25) is 4.79 Å². The number of carbonyl (C=O) groups is 2. The van der Waals surface area contributed by atoms with E-state index in [0.717, 1.165) is 12.2 Å². The highest BCUT2D eigenvalue weighted by Crippen LogP contribution is 2.13. The highest BCUT2D eigenvalue weighted by molar-refractivity contribution is 7.99. The minimum absolute atomic E-state index is 0.137. The summed E-state index contributed by atoms with van der Waals surface area (Å²) in [5, 5.41) is 11.5. The predicted octanol–water partition coefficient (Wildman–Crippen LogP) is 3.66. The third-order valence-corrected chi connectivity index (χ3v) is 4.21. The highest BCUT2D eigenvalue weighted by atomic mass is 32.2. The Labute approximate surface area is 149 Å². The van der Waals surface area contributed by atoms with Crippen LogP contribution < -0.4 is 10.1 Å². The molecule has 0 fully saturated rings. The minimum Gasteiger partial charge on any atom is -0.494 e. The molecule has 0 aliphatic carbocycles. The van der Waals surface area contributed by atoms with Crippen molar-refractivity contribution in [3.8, 4) is 5.75 Å². The van der Waals surface area contributed by atoms with Gasteiger partial charge in [0.2, 0.25) is 5.91 Å². The number of halogens is 1. The number of carbonyl (C=O) groups excluding carboxylic acids is 1. The highest BCUT2D eigenvalue weighted by Gasteiger charge is 2.04.